The molecule has 0 bridgehead atoms. The van der Waals surface area contributed by atoms with E-state index in [1.54, 1.807) is 0 Å². The van der Waals surface area contributed by atoms with Gasteiger partial charge in [-0.3, -0.25) is 0 Å². The number of benzene rings is 2. The molecule has 0 saturated heterocycles. The van der Waals surface area contributed by atoms with E-state index in [0.29, 0.717) is 0 Å². The minimum atomic E-state index is -1.03. The monoisotopic (exact) mass is 227 g/mol. The van der Waals surface area contributed by atoms with Crippen molar-refractivity contribution in [1.82, 2.24) is 5.32 Å². The van der Waals surface area contributed by atoms with Crippen LogP contribution in [0, 0.1) is 0 Å². The second-order valence-corrected chi connectivity index (χ2v) is 3.70. The Morgan fingerprint density at radius 1 is 0.882 bits per heavy atom. The van der Waals surface area contributed by atoms with E-state index in [1.807, 2.05) is 60.7 Å². The van der Waals surface area contributed by atoms with E-state index in [1.165, 1.54) is 0 Å². The zero-order chi connectivity index (χ0) is 12.1. The molecule has 0 aliphatic carbocycles. The highest BCUT2D eigenvalue weighted by molar-refractivity contribution is 5.66. The standard InChI is InChI=1S/C14H13NO2/c16-14(17)15-13(11-7-3-1-4-8-11)12-9-5-2-6-10-12/h1-10,13,15H,(H,16,17). The van der Waals surface area contributed by atoms with Crippen LogP contribution in [0.5, 0.6) is 0 Å². The van der Waals surface area contributed by atoms with Crippen LogP contribution in [0.3, 0.4) is 0 Å². The highest BCUT2D eigenvalue weighted by atomic mass is 16.4. The molecule has 0 aliphatic rings. The van der Waals surface area contributed by atoms with Gasteiger partial charge in [-0.05, 0) is 11.1 Å². The lowest BCUT2D eigenvalue weighted by Crippen LogP contribution is -2.27. The summed E-state index contributed by atoms with van der Waals surface area (Å²) >= 11 is 0. The largest absolute Gasteiger partial charge is 0.465 e. The van der Waals surface area contributed by atoms with Crippen molar-refractivity contribution in [3.8, 4) is 0 Å². The van der Waals surface area contributed by atoms with Gasteiger partial charge in [0.2, 0.25) is 0 Å². The van der Waals surface area contributed by atoms with Gasteiger partial charge in [0, 0.05) is 0 Å². The fourth-order valence-corrected chi connectivity index (χ4v) is 1.77. The van der Waals surface area contributed by atoms with Crippen LogP contribution in [0.4, 0.5) is 4.79 Å². The van der Waals surface area contributed by atoms with Crippen molar-refractivity contribution in [1.29, 1.82) is 0 Å². The number of nitrogens with one attached hydrogen (secondary N) is 1. The first kappa shape index (κ1) is 11.2. The zero-order valence-electron chi connectivity index (χ0n) is 9.21. The quantitative estimate of drug-likeness (QED) is 0.846. The molecule has 0 radical (unpaired) electrons. The third-order valence-electron chi connectivity index (χ3n) is 2.53. The van der Waals surface area contributed by atoms with Gasteiger partial charge in [0.15, 0.2) is 0 Å². The number of carboxylic acid groups (broad SMARTS) is 1. The molecule has 2 N–H and O–H groups in total. The maximum Gasteiger partial charge on any atom is 0.405 e. The SMILES string of the molecule is O=C(O)NC(c1ccccc1)c1ccccc1. The van der Waals surface area contributed by atoms with E-state index in [0.717, 1.165) is 11.1 Å². The zero-order valence-corrected chi connectivity index (χ0v) is 9.21. The van der Waals surface area contributed by atoms with Crippen molar-refractivity contribution >= 4 is 6.09 Å². The Balaban J connectivity index is 2.36. The average Bonchev–Trinajstić information content (AvgIpc) is 2.38. The molecule has 17 heavy (non-hydrogen) atoms. The lowest BCUT2D eigenvalue weighted by molar-refractivity contribution is 0.191. The predicted molar refractivity (Wildman–Crippen MR) is 65.9 cm³/mol. The van der Waals surface area contributed by atoms with Crippen molar-refractivity contribution in [2.24, 2.45) is 0 Å². The van der Waals surface area contributed by atoms with Crippen molar-refractivity contribution < 1.29 is 9.90 Å². The van der Waals surface area contributed by atoms with E-state index in [2.05, 4.69) is 5.32 Å². The van der Waals surface area contributed by atoms with Gasteiger partial charge in [-0.2, -0.15) is 0 Å². The summed E-state index contributed by atoms with van der Waals surface area (Å²) in [4.78, 5) is 10.8. The maximum absolute atomic E-state index is 10.8. The number of hydrogen-bond acceptors (Lipinski definition) is 1. The van der Waals surface area contributed by atoms with Crippen LogP contribution in [0.15, 0.2) is 60.7 Å². The molecule has 2 aromatic carbocycles. The van der Waals surface area contributed by atoms with Crippen molar-refractivity contribution in [3.63, 3.8) is 0 Å². The lowest BCUT2D eigenvalue weighted by atomic mass is 9.99. The van der Waals surface area contributed by atoms with Crippen LogP contribution in [0.1, 0.15) is 17.2 Å². The Labute approximate surface area is 99.7 Å². The Bertz CT molecular complexity index is 443. The van der Waals surface area contributed by atoms with Crippen LogP contribution in [0.2, 0.25) is 0 Å². The van der Waals surface area contributed by atoms with E-state index >= 15 is 0 Å². The summed E-state index contributed by atoms with van der Waals surface area (Å²) in [7, 11) is 0. The smallest absolute Gasteiger partial charge is 0.405 e. The van der Waals surface area contributed by atoms with Gasteiger partial charge in [-0.1, -0.05) is 60.7 Å². The molecule has 0 fully saturated rings. The molecule has 0 saturated carbocycles. The summed E-state index contributed by atoms with van der Waals surface area (Å²) in [6.07, 6.45) is -1.03. The first-order valence-corrected chi connectivity index (χ1v) is 5.37. The number of rotatable bonds is 3. The van der Waals surface area contributed by atoms with Crippen molar-refractivity contribution in [3.05, 3.63) is 71.8 Å². The molecule has 0 spiro atoms. The van der Waals surface area contributed by atoms with E-state index in [-0.39, 0.29) is 6.04 Å². The van der Waals surface area contributed by atoms with Gasteiger partial charge >= 0.3 is 6.09 Å². The van der Waals surface area contributed by atoms with Gasteiger partial charge in [0.25, 0.3) is 0 Å². The Kier molecular flexibility index (Phi) is 3.40. The summed E-state index contributed by atoms with van der Waals surface area (Å²) in [6, 6.07) is 18.7. The minimum Gasteiger partial charge on any atom is -0.465 e. The second kappa shape index (κ2) is 5.16. The maximum atomic E-state index is 10.8. The molecule has 0 aromatic heterocycles. The Morgan fingerprint density at radius 2 is 1.29 bits per heavy atom. The van der Waals surface area contributed by atoms with Crippen LogP contribution in [-0.4, -0.2) is 11.2 Å². The van der Waals surface area contributed by atoms with Gasteiger partial charge in [0.1, 0.15) is 0 Å². The number of hydrogen-bond donors (Lipinski definition) is 2. The highest BCUT2D eigenvalue weighted by Gasteiger charge is 2.15. The Morgan fingerprint density at radius 3 is 1.65 bits per heavy atom. The Hall–Kier alpha value is -2.29. The first-order chi connectivity index (χ1) is 8.27. The summed E-state index contributed by atoms with van der Waals surface area (Å²) in [6.45, 7) is 0. The summed E-state index contributed by atoms with van der Waals surface area (Å²) in [5, 5.41) is 11.4. The molecule has 3 heteroatoms. The van der Waals surface area contributed by atoms with Crippen LogP contribution in [0.25, 0.3) is 0 Å². The average molecular weight is 227 g/mol. The van der Waals surface area contributed by atoms with Crippen LogP contribution in [-0.2, 0) is 0 Å². The molecule has 0 aliphatic heterocycles. The molecule has 0 heterocycles. The van der Waals surface area contributed by atoms with E-state index < -0.39 is 6.09 Å². The van der Waals surface area contributed by atoms with Gasteiger partial charge in [-0.15, -0.1) is 0 Å². The molecule has 86 valence electrons. The van der Waals surface area contributed by atoms with Gasteiger partial charge in [-0.25, -0.2) is 4.79 Å². The van der Waals surface area contributed by atoms with Crippen LogP contribution >= 0.6 is 0 Å². The predicted octanol–water partition coefficient (Wildman–Crippen LogP) is 3.04. The highest BCUT2D eigenvalue weighted by Crippen LogP contribution is 2.21. The molecule has 3 nitrogen and oxygen atoms in total. The van der Waals surface area contributed by atoms with Crippen molar-refractivity contribution in [2.45, 2.75) is 6.04 Å². The normalized spacial score (nSPS) is 10.2. The summed E-state index contributed by atoms with van der Waals surface area (Å²) < 4.78 is 0. The third kappa shape index (κ3) is 2.84. The number of amides is 1. The van der Waals surface area contributed by atoms with Gasteiger partial charge in [0.05, 0.1) is 6.04 Å². The molecule has 1 amide bonds. The molecule has 2 aromatic rings. The van der Waals surface area contributed by atoms with Gasteiger partial charge < -0.3 is 10.4 Å². The number of carbonyl (C=O) groups is 1. The van der Waals surface area contributed by atoms with E-state index in [9.17, 15) is 4.79 Å². The summed E-state index contributed by atoms with van der Waals surface area (Å²) in [5.74, 6) is 0. The second-order valence-electron chi connectivity index (χ2n) is 3.70. The molecule has 0 atom stereocenters. The molecular formula is C14H13NO2. The fraction of sp³-hybridized carbons (Fsp3) is 0.0714. The molecule has 0 unspecified atom stereocenters. The van der Waals surface area contributed by atoms with Crippen molar-refractivity contribution in [2.75, 3.05) is 0 Å². The topological polar surface area (TPSA) is 49.3 Å². The molecular weight excluding hydrogens is 214 g/mol. The van der Waals surface area contributed by atoms with Crippen LogP contribution < -0.4 is 5.32 Å². The lowest BCUT2D eigenvalue weighted by Gasteiger charge is -2.17. The fourth-order valence-electron chi connectivity index (χ4n) is 1.77. The molecule has 2 rings (SSSR count). The minimum absolute atomic E-state index is 0.324. The summed E-state index contributed by atoms with van der Waals surface area (Å²) in [5.41, 5.74) is 1.86. The first-order valence-electron chi connectivity index (χ1n) is 5.37. The van der Waals surface area contributed by atoms with E-state index in [4.69, 9.17) is 5.11 Å². The third-order valence-corrected chi connectivity index (χ3v) is 2.53.